The molecule has 0 saturated carbocycles. The summed E-state index contributed by atoms with van der Waals surface area (Å²) in [7, 11) is 0. The van der Waals surface area contributed by atoms with Crippen molar-refractivity contribution in [1.82, 2.24) is 9.97 Å². The number of hydrogen-bond donors (Lipinski definition) is 3. The number of rotatable bonds is 3. The van der Waals surface area contributed by atoms with Crippen LogP contribution < -0.4 is 11.1 Å². The highest BCUT2D eigenvalue weighted by atomic mass is 79.9. The largest absolute Gasteiger partial charge is 0.392 e. The molecule has 0 aliphatic carbocycles. The molecule has 1 atom stereocenters. The molecule has 0 aliphatic rings. The summed E-state index contributed by atoms with van der Waals surface area (Å²) in [5.74, 6) is 0.969. The van der Waals surface area contributed by atoms with Gasteiger partial charge in [-0.05, 0) is 22.9 Å². The van der Waals surface area contributed by atoms with E-state index in [0.717, 1.165) is 0 Å². The zero-order valence-electron chi connectivity index (χ0n) is 7.16. The summed E-state index contributed by atoms with van der Waals surface area (Å²) in [5, 5.41) is 11.9. The third-order valence-corrected chi connectivity index (χ3v) is 2.16. The van der Waals surface area contributed by atoms with Crippen LogP contribution in [0.1, 0.15) is 6.92 Å². The van der Waals surface area contributed by atoms with Gasteiger partial charge in [-0.3, -0.25) is 0 Å². The summed E-state index contributed by atoms with van der Waals surface area (Å²) in [5.41, 5.74) is 5.53. The summed E-state index contributed by atoms with van der Waals surface area (Å²) >= 11 is 3.24. The molecule has 6 heteroatoms. The predicted octanol–water partition coefficient (Wildman–Crippen LogP) is 0.614. The van der Waals surface area contributed by atoms with Crippen LogP contribution >= 0.6 is 15.9 Å². The van der Waals surface area contributed by atoms with Crippen molar-refractivity contribution in [3.8, 4) is 0 Å². The van der Waals surface area contributed by atoms with Crippen LogP contribution in [0.15, 0.2) is 10.8 Å². The second kappa shape index (κ2) is 4.38. The van der Waals surface area contributed by atoms with Crippen molar-refractivity contribution >= 4 is 27.6 Å². The number of nitrogen functional groups attached to an aromatic ring is 1. The van der Waals surface area contributed by atoms with Gasteiger partial charge in [-0.15, -0.1) is 0 Å². The molecule has 0 saturated heterocycles. The molecule has 4 N–H and O–H groups in total. The first-order valence-corrected chi connectivity index (χ1v) is 4.58. The van der Waals surface area contributed by atoms with Gasteiger partial charge < -0.3 is 16.2 Å². The van der Waals surface area contributed by atoms with Gasteiger partial charge >= 0.3 is 0 Å². The summed E-state index contributed by atoms with van der Waals surface area (Å²) in [6.45, 7) is 2.11. The van der Waals surface area contributed by atoms with Crippen LogP contribution in [0, 0.1) is 0 Å². The van der Waals surface area contributed by atoms with E-state index in [1.54, 1.807) is 6.92 Å². The molecule has 72 valence electrons. The number of anilines is 2. The summed E-state index contributed by atoms with van der Waals surface area (Å²) in [4.78, 5) is 7.73. The van der Waals surface area contributed by atoms with Crippen LogP contribution in [0.4, 0.5) is 11.6 Å². The molecule has 0 aliphatic heterocycles. The number of nitrogens with zero attached hydrogens (tertiary/aromatic N) is 2. The summed E-state index contributed by atoms with van der Waals surface area (Å²) < 4.78 is 0.621. The fourth-order valence-corrected chi connectivity index (χ4v) is 1.10. The van der Waals surface area contributed by atoms with Crippen molar-refractivity contribution in [2.24, 2.45) is 0 Å². The molecule has 0 amide bonds. The maximum atomic E-state index is 9.02. The van der Waals surface area contributed by atoms with Crippen LogP contribution in [0.3, 0.4) is 0 Å². The lowest BCUT2D eigenvalue weighted by molar-refractivity contribution is 0.208. The zero-order valence-corrected chi connectivity index (χ0v) is 8.74. The standard InChI is InChI=1S/C7H11BrN4O/c1-4(13)2-10-7-5(8)6(9)11-3-12-7/h3-4,13H,2H2,1H3,(H3,9,10,11,12). The molecule has 1 unspecified atom stereocenters. The second-order valence-electron chi connectivity index (χ2n) is 2.65. The molecule has 0 bridgehead atoms. The molecule has 1 aromatic heterocycles. The Morgan fingerprint density at radius 2 is 2.38 bits per heavy atom. The second-order valence-corrected chi connectivity index (χ2v) is 3.44. The van der Waals surface area contributed by atoms with E-state index in [0.29, 0.717) is 22.7 Å². The first-order chi connectivity index (χ1) is 6.11. The molecule has 0 radical (unpaired) electrons. The van der Waals surface area contributed by atoms with Gasteiger partial charge in [0.2, 0.25) is 0 Å². The van der Waals surface area contributed by atoms with Crippen LogP contribution in [-0.4, -0.2) is 27.7 Å². The third kappa shape index (κ3) is 2.82. The lowest BCUT2D eigenvalue weighted by Gasteiger charge is -2.09. The molecular formula is C7H11BrN4O. The number of hydrogen-bond acceptors (Lipinski definition) is 5. The molecule has 0 spiro atoms. The van der Waals surface area contributed by atoms with Gasteiger partial charge in [0.15, 0.2) is 0 Å². The minimum absolute atomic E-state index is 0.378. The van der Waals surface area contributed by atoms with Gasteiger partial charge in [-0.2, -0.15) is 0 Å². The van der Waals surface area contributed by atoms with Crippen molar-refractivity contribution in [3.05, 3.63) is 10.8 Å². The van der Waals surface area contributed by atoms with Gasteiger partial charge in [-0.25, -0.2) is 9.97 Å². The molecule has 13 heavy (non-hydrogen) atoms. The number of aliphatic hydroxyl groups is 1. The summed E-state index contributed by atoms with van der Waals surface area (Å²) in [6.07, 6.45) is 0.938. The van der Waals surface area contributed by atoms with Crippen LogP contribution in [0.25, 0.3) is 0 Å². The van der Waals surface area contributed by atoms with Crippen molar-refractivity contribution < 1.29 is 5.11 Å². The highest BCUT2D eigenvalue weighted by Crippen LogP contribution is 2.23. The van der Waals surface area contributed by atoms with Crippen molar-refractivity contribution in [3.63, 3.8) is 0 Å². The van der Waals surface area contributed by atoms with E-state index in [2.05, 4.69) is 31.2 Å². The SMILES string of the molecule is CC(O)CNc1ncnc(N)c1Br. The Kier molecular flexibility index (Phi) is 3.44. The normalized spacial score (nSPS) is 12.5. The van der Waals surface area contributed by atoms with Crippen LogP contribution in [0.5, 0.6) is 0 Å². The molecule has 5 nitrogen and oxygen atoms in total. The first-order valence-electron chi connectivity index (χ1n) is 3.79. The van der Waals surface area contributed by atoms with Crippen LogP contribution in [0.2, 0.25) is 0 Å². The Balaban J connectivity index is 2.71. The molecule has 0 aromatic carbocycles. The van der Waals surface area contributed by atoms with E-state index < -0.39 is 6.10 Å². The molecule has 1 rings (SSSR count). The highest BCUT2D eigenvalue weighted by molar-refractivity contribution is 9.10. The van der Waals surface area contributed by atoms with E-state index in [1.165, 1.54) is 6.33 Å². The maximum Gasteiger partial charge on any atom is 0.146 e. The Hall–Kier alpha value is -0.880. The zero-order chi connectivity index (χ0) is 9.84. The minimum Gasteiger partial charge on any atom is -0.392 e. The third-order valence-electron chi connectivity index (χ3n) is 1.38. The molecule has 1 heterocycles. The van der Waals surface area contributed by atoms with Crippen molar-refractivity contribution in [2.45, 2.75) is 13.0 Å². The van der Waals surface area contributed by atoms with E-state index in [4.69, 9.17) is 10.8 Å². The Bertz CT molecular complexity index is 292. The first kappa shape index (κ1) is 10.2. The minimum atomic E-state index is -0.428. The van der Waals surface area contributed by atoms with Gasteiger partial charge in [0, 0.05) is 6.54 Å². The number of nitrogens with two attached hydrogens (primary N) is 1. The van der Waals surface area contributed by atoms with E-state index in [1.807, 2.05) is 0 Å². The van der Waals surface area contributed by atoms with Crippen molar-refractivity contribution in [2.75, 3.05) is 17.6 Å². The van der Waals surface area contributed by atoms with Gasteiger partial charge in [-0.1, -0.05) is 0 Å². The lowest BCUT2D eigenvalue weighted by Crippen LogP contribution is -2.16. The fraction of sp³-hybridized carbons (Fsp3) is 0.429. The lowest BCUT2D eigenvalue weighted by atomic mass is 10.4. The Labute approximate surface area is 84.5 Å². The van der Waals surface area contributed by atoms with Gasteiger partial charge in [0.1, 0.15) is 22.4 Å². The Morgan fingerprint density at radius 3 is 3.00 bits per heavy atom. The average molecular weight is 247 g/mol. The number of halogens is 1. The quantitative estimate of drug-likeness (QED) is 0.728. The van der Waals surface area contributed by atoms with Crippen LogP contribution in [-0.2, 0) is 0 Å². The number of aromatic nitrogens is 2. The van der Waals surface area contributed by atoms with E-state index in [9.17, 15) is 0 Å². The van der Waals surface area contributed by atoms with Gasteiger partial charge in [0.25, 0.3) is 0 Å². The monoisotopic (exact) mass is 246 g/mol. The van der Waals surface area contributed by atoms with E-state index in [-0.39, 0.29) is 0 Å². The number of nitrogens with one attached hydrogen (secondary N) is 1. The molecule has 1 aromatic rings. The van der Waals surface area contributed by atoms with E-state index >= 15 is 0 Å². The smallest absolute Gasteiger partial charge is 0.146 e. The average Bonchev–Trinajstić information content (AvgIpc) is 2.07. The Morgan fingerprint density at radius 1 is 1.69 bits per heavy atom. The fourth-order valence-electron chi connectivity index (χ4n) is 0.751. The van der Waals surface area contributed by atoms with Crippen molar-refractivity contribution in [1.29, 1.82) is 0 Å². The molecule has 0 fully saturated rings. The predicted molar refractivity (Wildman–Crippen MR) is 54.3 cm³/mol. The maximum absolute atomic E-state index is 9.02. The molecular weight excluding hydrogens is 236 g/mol. The topological polar surface area (TPSA) is 84.1 Å². The highest BCUT2D eigenvalue weighted by Gasteiger charge is 2.05. The summed E-state index contributed by atoms with van der Waals surface area (Å²) in [6, 6.07) is 0. The number of aliphatic hydroxyl groups excluding tert-OH is 1. The van der Waals surface area contributed by atoms with Gasteiger partial charge in [0.05, 0.1) is 6.10 Å².